The lowest BCUT2D eigenvalue weighted by molar-refractivity contribution is 1.16. The molecule has 0 saturated heterocycles. The van der Waals surface area contributed by atoms with Crippen LogP contribution in [0.5, 0.6) is 0 Å². The van der Waals surface area contributed by atoms with E-state index in [0.29, 0.717) is 0 Å². The smallest absolute Gasteiger partial charge is 0.0562 e. The molecule has 312 valence electrons. The van der Waals surface area contributed by atoms with Gasteiger partial charge in [0.05, 0.1) is 33.1 Å². The summed E-state index contributed by atoms with van der Waals surface area (Å²) in [6, 6.07) is 80.5. The molecule has 4 aromatic heterocycles. The molecule has 0 spiro atoms. The summed E-state index contributed by atoms with van der Waals surface area (Å²) in [5.74, 6) is 0. The van der Waals surface area contributed by atoms with Gasteiger partial charge in [0, 0.05) is 75.7 Å². The summed E-state index contributed by atoms with van der Waals surface area (Å²) in [5.41, 5.74) is 15.2. The second kappa shape index (κ2) is 13.8. The van der Waals surface area contributed by atoms with Gasteiger partial charge in [-0.1, -0.05) is 137 Å². The Balaban J connectivity index is 0.946. The SMILES string of the molecule is Brc1cccc(-n2c3ccccc3c3cc4c5c6ccc(-c7cccc(-n8c9cc%10[nH]c%11ccccc%11c%10cc9c9c%10ccccc%10ccc98)c7)cc6ccc5n(-c5ccccc5)c4cc32)c1. The molecule has 0 radical (unpaired) electrons. The van der Waals surface area contributed by atoms with E-state index in [1.165, 1.54) is 109 Å². The van der Waals surface area contributed by atoms with E-state index in [2.05, 4.69) is 253 Å². The molecule has 67 heavy (non-hydrogen) atoms. The summed E-state index contributed by atoms with van der Waals surface area (Å²) in [5, 5.41) is 15.0. The molecule has 0 saturated carbocycles. The van der Waals surface area contributed by atoms with Crippen molar-refractivity contribution in [3.8, 4) is 28.2 Å². The fourth-order valence-electron chi connectivity index (χ4n) is 11.5. The molecule has 15 aromatic rings. The van der Waals surface area contributed by atoms with Gasteiger partial charge in [-0.05, 0) is 130 Å². The van der Waals surface area contributed by atoms with Crippen molar-refractivity contribution in [1.82, 2.24) is 18.7 Å². The minimum absolute atomic E-state index is 1.06. The summed E-state index contributed by atoms with van der Waals surface area (Å²) in [6.07, 6.45) is 0. The molecule has 15 rings (SSSR count). The fraction of sp³-hybridized carbons (Fsp3) is 0. The Hall–Kier alpha value is -8.38. The van der Waals surface area contributed by atoms with Crippen LogP contribution in [0.2, 0.25) is 0 Å². The third-order valence-electron chi connectivity index (χ3n) is 14.3. The molecule has 0 bridgehead atoms. The van der Waals surface area contributed by atoms with E-state index in [1.807, 2.05) is 0 Å². The van der Waals surface area contributed by atoms with Crippen LogP contribution >= 0.6 is 15.9 Å². The van der Waals surface area contributed by atoms with Crippen LogP contribution in [0.15, 0.2) is 223 Å². The number of hydrogen-bond acceptors (Lipinski definition) is 0. The second-order valence-corrected chi connectivity index (χ2v) is 18.9. The Kier molecular flexibility index (Phi) is 7.61. The standard InChI is InChI=1S/C62H37BrN4/c63-41-14-11-18-44(32-41)66-55-23-9-7-21-48(55)50-34-52-60(36-59(50)66)65(42-15-2-1-3-16-42)56-29-26-40-30-39(24-27-46(40)62(52)56)38-13-10-17-43(31-38)67-57-28-25-37-12-4-5-19-45(37)61(57)51-33-49-47-20-6-8-22-53(47)64-54(49)35-58(51)67/h1-36,64H. The Labute approximate surface area is 392 Å². The van der Waals surface area contributed by atoms with Gasteiger partial charge in [-0.15, -0.1) is 0 Å². The van der Waals surface area contributed by atoms with E-state index < -0.39 is 0 Å². The van der Waals surface area contributed by atoms with Gasteiger partial charge in [0.25, 0.3) is 0 Å². The average molecular weight is 918 g/mol. The lowest BCUT2D eigenvalue weighted by atomic mass is 9.97. The highest BCUT2D eigenvalue weighted by Crippen LogP contribution is 2.44. The van der Waals surface area contributed by atoms with Gasteiger partial charge in [0.2, 0.25) is 0 Å². The van der Waals surface area contributed by atoms with E-state index in [0.717, 1.165) is 32.6 Å². The number of rotatable bonds is 4. The monoisotopic (exact) mass is 916 g/mol. The van der Waals surface area contributed by atoms with E-state index in [9.17, 15) is 0 Å². The number of benzene rings is 11. The summed E-state index contributed by atoms with van der Waals surface area (Å²) in [6.45, 7) is 0. The molecule has 0 aliphatic heterocycles. The molecule has 0 fully saturated rings. The predicted octanol–water partition coefficient (Wildman–Crippen LogP) is 17.3. The predicted molar refractivity (Wildman–Crippen MR) is 287 cm³/mol. The minimum atomic E-state index is 1.06. The van der Waals surface area contributed by atoms with Crippen LogP contribution < -0.4 is 0 Å². The van der Waals surface area contributed by atoms with E-state index in [1.54, 1.807) is 0 Å². The Bertz CT molecular complexity index is 4580. The molecule has 5 heteroatoms. The molecule has 0 atom stereocenters. The third-order valence-corrected chi connectivity index (χ3v) is 14.8. The highest BCUT2D eigenvalue weighted by Gasteiger charge is 2.22. The van der Waals surface area contributed by atoms with Crippen molar-refractivity contribution in [2.24, 2.45) is 0 Å². The van der Waals surface area contributed by atoms with Crippen LogP contribution in [-0.4, -0.2) is 18.7 Å². The van der Waals surface area contributed by atoms with E-state index in [4.69, 9.17) is 0 Å². The quantitative estimate of drug-likeness (QED) is 0.182. The van der Waals surface area contributed by atoms with Gasteiger partial charge in [-0.25, -0.2) is 0 Å². The first kappa shape index (κ1) is 36.9. The average Bonchev–Trinajstić information content (AvgIpc) is 4.11. The number of para-hydroxylation sites is 3. The molecule has 1 N–H and O–H groups in total. The molecule has 0 unspecified atom stereocenters. The van der Waals surface area contributed by atoms with Crippen molar-refractivity contribution in [3.63, 3.8) is 0 Å². The van der Waals surface area contributed by atoms with Crippen LogP contribution in [0, 0.1) is 0 Å². The summed E-state index contributed by atoms with van der Waals surface area (Å²) in [7, 11) is 0. The number of H-pyrrole nitrogens is 1. The molecule has 11 aromatic carbocycles. The molecule has 0 aliphatic carbocycles. The maximum absolute atomic E-state index is 3.75. The Morgan fingerprint density at radius 1 is 0.284 bits per heavy atom. The number of aromatic amines is 1. The number of fused-ring (bicyclic) bond motifs is 16. The zero-order valence-corrected chi connectivity index (χ0v) is 37.6. The Morgan fingerprint density at radius 3 is 1.72 bits per heavy atom. The maximum atomic E-state index is 3.75. The molecular weight excluding hydrogens is 881 g/mol. The second-order valence-electron chi connectivity index (χ2n) is 17.9. The van der Waals surface area contributed by atoms with Crippen molar-refractivity contribution in [2.75, 3.05) is 0 Å². The van der Waals surface area contributed by atoms with Crippen molar-refractivity contribution in [3.05, 3.63) is 223 Å². The Morgan fingerprint density at radius 2 is 0.881 bits per heavy atom. The van der Waals surface area contributed by atoms with Crippen LogP contribution in [0.3, 0.4) is 0 Å². The van der Waals surface area contributed by atoms with Gasteiger partial charge >= 0.3 is 0 Å². The highest BCUT2D eigenvalue weighted by atomic mass is 79.9. The van der Waals surface area contributed by atoms with Gasteiger partial charge in [-0.2, -0.15) is 0 Å². The lowest BCUT2D eigenvalue weighted by Crippen LogP contribution is -1.95. The molecule has 0 amide bonds. The fourth-order valence-corrected chi connectivity index (χ4v) is 11.9. The number of aromatic nitrogens is 4. The number of nitrogens with zero attached hydrogens (tertiary/aromatic N) is 3. The summed E-state index contributed by atoms with van der Waals surface area (Å²) >= 11 is 3.75. The van der Waals surface area contributed by atoms with Crippen molar-refractivity contribution >= 4 is 125 Å². The van der Waals surface area contributed by atoms with E-state index >= 15 is 0 Å². The number of halogens is 1. The molecule has 4 heterocycles. The number of hydrogen-bond donors (Lipinski definition) is 1. The summed E-state index contributed by atoms with van der Waals surface area (Å²) < 4.78 is 8.37. The molecular formula is C62H37BrN4. The van der Waals surface area contributed by atoms with Crippen LogP contribution in [0.4, 0.5) is 0 Å². The van der Waals surface area contributed by atoms with Gasteiger partial charge < -0.3 is 18.7 Å². The largest absolute Gasteiger partial charge is 0.354 e. The van der Waals surface area contributed by atoms with Crippen LogP contribution in [0.1, 0.15) is 0 Å². The topological polar surface area (TPSA) is 30.6 Å². The first-order chi connectivity index (χ1) is 33.1. The normalized spacial score (nSPS) is 12.3. The van der Waals surface area contributed by atoms with E-state index in [-0.39, 0.29) is 0 Å². The van der Waals surface area contributed by atoms with Crippen molar-refractivity contribution < 1.29 is 0 Å². The van der Waals surface area contributed by atoms with Crippen molar-refractivity contribution in [2.45, 2.75) is 0 Å². The highest BCUT2D eigenvalue weighted by molar-refractivity contribution is 9.10. The van der Waals surface area contributed by atoms with Gasteiger partial charge in [-0.3, -0.25) is 0 Å². The van der Waals surface area contributed by atoms with Gasteiger partial charge in [0.15, 0.2) is 0 Å². The molecule has 0 aliphatic rings. The summed E-state index contributed by atoms with van der Waals surface area (Å²) in [4.78, 5) is 3.73. The lowest BCUT2D eigenvalue weighted by Gasteiger charge is -2.12. The van der Waals surface area contributed by atoms with Crippen LogP contribution in [0.25, 0.3) is 137 Å². The number of nitrogens with one attached hydrogen (secondary N) is 1. The zero-order chi connectivity index (χ0) is 43.9. The molecule has 4 nitrogen and oxygen atoms in total. The first-order valence-corrected chi connectivity index (χ1v) is 23.6. The minimum Gasteiger partial charge on any atom is -0.354 e. The van der Waals surface area contributed by atoms with Crippen LogP contribution in [-0.2, 0) is 0 Å². The zero-order valence-electron chi connectivity index (χ0n) is 36.0. The third kappa shape index (κ3) is 5.29. The van der Waals surface area contributed by atoms with Gasteiger partial charge in [0.1, 0.15) is 0 Å². The first-order valence-electron chi connectivity index (χ1n) is 22.9. The van der Waals surface area contributed by atoms with Crippen molar-refractivity contribution in [1.29, 1.82) is 0 Å². The maximum Gasteiger partial charge on any atom is 0.0562 e.